The Morgan fingerprint density at radius 2 is 1.97 bits per heavy atom. The van der Waals surface area contributed by atoms with Crippen LogP contribution in [0.5, 0.6) is 0 Å². The molecule has 0 fully saturated rings. The number of ether oxygens (including phenoxy) is 2. The van der Waals surface area contributed by atoms with Crippen LogP contribution in [0.2, 0.25) is 0 Å². The molecule has 0 spiro atoms. The third-order valence-electron chi connectivity index (χ3n) is 4.16. The zero-order valence-corrected chi connectivity index (χ0v) is 19.3. The number of nitrogens with zero attached hydrogens (tertiary/aromatic N) is 4. The number of thioether (sulfide) groups is 1. The van der Waals surface area contributed by atoms with E-state index in [1.54, 1.807) is 29.6 Å². The van der Waals surface area contributed by atoms with Gasteiger partial charge in [-0.15, -0.1) is 0 Å². The molecule has 2 aromatic rings. The number of amides is 1. The Balaban J connectivity index is 2.01. The summed E-state index contributed by atoms with van der Waals surface area (Å²) in [6.45, 7) is 8.86. The maximum Gasteiger partial charge on any atom is 0.306 e. The van der Waals surface area contributed by atoms with Crippen molar-refractivity contribution in [3.05, 3.63) is 6.20 Å². The Bertz CT molecular complexity index is 844. The number of aromatic nitrogens is 4. The quantitative estimate of drug-likeness (QED) is 0.181. The van der Waals surface area contributed by atoms with Crippen molar-refractivity contribution in [1.29, 1.82) is 0 Å². The van der Waals surface area contributed by atoms with E-state index in [0.717, 1.165) is 23.4 Å². The SMILES string of the molecule is CCCSc1nc(NCCOCC)c2cnn(CCNC(=O)CCC(=O)OCC)c2n1. The molecular weight excluding hydrogens is 420 g/mol. The molecule has 11 heteroatoms. The fourth-order valence-electron chi connectivity index (χ4n) is 2.72. The van der Waals surface area contributed by atoms with Crippen LogP contribution >= 0.6 is 11.8 Å². The van der Waals surface area contributed by atoms with Gasteiger partial charge in [-0.1, -0.05) is 18.7 Å². The van der Waals surface area contributed by atoms with Crippen molar-refractivity contribution in [1.82, 2.24) is 25.1 Å². The minimum Gasteiger partial charge on any atom is -0.466 e. The Kier molecular flexibility index (Phi) is 11.1. The van der Waals surface area contributed by atoms with Crippen LogP contribution in [-0.4, -0.2) is 70.3 Å². The van der Waals surface area contributed by atoms with Gasteiger partial charge in [0.1, 0.15) is 5.82 Å². The number of rotatable bonds is 15. The Morgan fingerprint density at radius 1 is 1.13 bits per heavy atom. The van der Waals surface area contributed by atoms with Gasteiger partial charge in [-0.25, -0.2) is 14.6 Å². The van der Waals surface area contributed by atoms with Gasteiger partial charge < -0.3 is 20.1 Å². The van der Waals surface area contributed by atoms with Crippen molar-refractivity contribution >= 4 is 40.5 Å². The molecule has 0 aromatic carbocycles. The number of esters is 1. The summed E-state index contributed by atoms with van der Waals surface area (Å²) in [5.74, 6) is 1.09. The summed E-state index contributed by atoms with van der Waals surface area (Å²) in [7, 11) is 0. The van der Waals surface area contributed by atoms with Gasteiger partial charge >= 0.3 is 5.97 Å². The van der Waals surface area contributed by atoms with E-state index in [2.05, 4.69) is 32.6 Å². The predicted molar refractivity (Wildman–Crippen MR) is 120 cm³/mol. The highest BCUT2D eigenvalue weighted by Gasteiger charge is 2.14. The van der Waals surface area contributed by atoms with Crippen LogP contribution in [0.25, 0.3) is 11.0 Å². The van der Waals surface area contributed by atoms with Gasteiger partial charge in [0, 0.05) is 31.9 Å². The van der Waals surface area contributed by atoms with E-state index in [9.17, 15) is 9.59 Å². The molecule has 0 aliphatic carbocycles. The largest absolute Gasteiger partial charge is 0.466 e. The first-order valence-corrected chi connectivity index (χ1v) is 11.7. The van der Waals surface area contributed by atoms with Crippen LogP contribution in [0, 0.1) is 0 Å². The van der Waals surface area contributed by atoms with Crippen LogP contribution in [0.15, 0.2) is 11.4 Å². The molecule has 0 aliphatic rings. The molecule has 0 saturated heterocycles. The van der Waals surface area contributed by atoms with E-state index in [4.69, 9.17) is 9.47 Å². The summed E-state index contributed by atoms with van der Waals surface area (Å²) in [6.07, 6.45) is 2.93. The van der Waals surface area contributed by atoms with E-state index < -0.39 is 0 Å². The molecule has 2 aromatic heterocycles. The first-order chi connectivity index (χ1) is 15.1. The van der Waals surface area contributed by atoms with Crippen molar-refractivity contribution in [2.75, 3.05) is 44.0 Å². The lowest BCUT2D eigenvalue weighted by Crippen LogP contribution is -2.28. The minimum absolute atomic E-state index is 0.0758. The summed E-state index contributed by atoms with van der Waals surface area (Å²) in [6, 6.07) is 0. The molecule has 0 radical (unpaired) electrons. The zero-order chi connectivity index (χ0) is 22.5. The van der Waals surface area contributed by atoms with Gasteiger partial charge in [0.25, 0.3) is 0 Å². The predicted octanol–water partition coefficient (Wildman–Crippen LogP) is 2.24. The van der Waals surface area contributed by atoms with Crippen LogP contribution in [-0.2, 0) is 25.6 Å². The number of anilines is 1. The summed E-state index contributed by atoms with van der Waals surface area (Å²) in [5.41, 5.74) is 0.716. The molecule has 10 nitrogen and oxygen atoms in total. The highest BCUT2D eigenvalue weighted by molar-refractivity contribution is 7.99. The maximum atomic E-state index is 11.9. The normalized spacial score (nSPS) is 10.9. The standard InChI is InChI=1S/C20H32N6O4S/c1-4-13-31-20-24-18(22-10-12-29-5-2)15-14-23-26(19(15)25-20)11-9-21-16(27)7-8-17(28)30-6-3/h14H,4-13H2,1-3H3,(H,21,27)(H,22,24,25). The smallest absolute Gasteiger partial charge is 0.306 e. The first kappa shape index (κ1) is 24.9. The molecule has 2 rings (SSSR count). The number of hydrogen-bond acceptors (Lipinski definition) is 9. The third-order valence-corrected chi connectivity index (χ3v) is 5.21. The Morgan fingerprint density at radius 3 is 2.71 bits per heavy atom. The molecule has 172 valence electrons. The van der Waals surface area contributed by atoms with Gasteiger partial charge in [0.2, 0.25) is 5.91 Å². The lowest BCUT2D eigenvalue weighted by Gasteiger charge is -2.10. The Hall–Kier alpha value is -2.40. The molecule has 0 bridgehead atoms. The van der Waals surface area contributed by atoms with E-state index in [-0.39, 0.29) is 24.7 Å². The molecule has 0 saturated carbocycles. The van der Waals surface area contributed by atoms with Crippen molar-refractivity contribution in [3.63, 3.8) is 0 Å². The van der Waals surface area contributed by atoms with Gasteiger partial charge in [-0.2, -0.15) is 5.10 Å². The number of hydrogen-bond donors (Lipinski definition) is 2. The number of carbonyl (C=O) groups excluding carboxylic acids is 2. The maximum absolute atomic E-state index is 11.9. The molecule has 2 heterocycles. The molecule has 1 amide bonds. The molecule has 0 aliphatic heterocycles. The lowest BCUT2D eigenvalue weighted by atomic mass is 10.3. The first-order valence-electron chi connectivity index (χ1n) is 10.7. The van der Waals surface area contributed by atoms with E-state index in [0.29, 0.717) is 50.3 Å². The van der Waals surface area contributed by atoms with E-state index in [1.807, 2.05) is 6.92 Å². The second-order valence-corrected chi connectivity index (χ2v) is 7.65. The molecule has 2 N–H and O–H groups in total. The molecule has 31 heavy (non-hydrogen) atoms. The van der Waals surface area contributed by atoms with Crippen molar-refractivity contribution in [2.45, 2.75) is 51.7 Å². The fraction of sp³-hybridized carbons (Fsp3) is 0.650. The lowest BCUT2D eigenvalue weighted by molar-refractivity contribution is -0.144. The second kappa shape index (κ2) is 13.8. The average molecular weight is 453 g/mol. The van der Waals surface area contributed by atoms with E-state index in [1.165, 1.54) is 0 Å². The number of fused-ring (bicyclic) bond motifs is 1. The number of carbonyl (C=O) groups is 2. The van der Waals surface area contributed by atoms with Crippen molar-refractivity contribution < 1.29 is 19.1 Å². The van der Waals surface area contributed by atoms with Gasteiger partial charge in [0.15, 0.2) is 10.8 Å². The van der Waals surface area contributed by atoms with Gasteiger partial charge in [0.05, 0.1) is 37.8 Å². The zero-order valence-electron chi connectivity index (χ0n) is 18.5. The van der Waals surface area contributed by atoms with Crippen LogP contribution < -0.4 is 10.6 Å². The summed E-state index contributed by atoms with van der Waals surface area (Å²) in [5, 5.41) is 12.1. The highest BCUT2D eigenvalue weighted by Crippen LogP contribution is 2.24. The van der Waals surface area contributed by atoms with Crippen LogP contribution in [0.3, 0.4) is 0 Å². The van der Waals surface area contributed by atoms with Crippen LogP contribution in [0.4, 0.5) is 5.82 Å². The monoisotopic (exact) mass is 452 g/mol. The second-order valence-electron chi connectivity index (χ2n) is 6.59. The summed E-state index contributed by atoms with van der Waals surface area (Å²) < 4.78 is 12.0. The van der Waals surface area contributed by atoms with Gasteiger partial charge in [-0.3, -0.25) is 9.59 Å². The number of nitrogens with one attached hydrogen (secondary N) is 2. The van der Waals surface area contributed by atoms with Gasteiger partial charge in [-0.05, 0) is 20.3 Å². The molecule has 0 unspecified atom stereocenters. The average Bonchev–Trinajstić information content (AvgIpc) is 3.17. The Labute approximate surface area is 186 Å². The topological polar surface area (TPSA) is 120 Å². The van der Waals surface area contributed by atoms with Crippen molar-refractivity contribution in [3.8, 4) is 0 Å². The summed E-state index contributed by atoms with van der Waals surface area (Å²) in [4.78, 5) is 32.6. The summed E-state index contributed by atoms with van der Waals surface area (Å²) >= 11 is 1.60. The van der Waals surface area contributed by atoms with E-state index >= 15 is 0 Å². The fourth-order valence-corrected chi connectivity index (χ4v) is 3.41. The minimum atomic E-state index is -0.367. The van der Waals surface area contributed by atoms with Crippen molar-refractivity contribution in [2.24, 2.45) is 0 Å². The molecular formula is C20H32N6O4S. The third kappa shape index (κ3) is 8.33. The molecule has 0 atom stereocenters. The highest BCUT2D eigenvalue weighted by atomic mass is 32.2. The van der Waals surface area contributed by atoms with Crippen LogP contribution in [0.1, 0.15) is 40.0 Å².